The minimum absolute atomic E-state index is 0. The van der Waals surface area contributed by atoms with E-state index in [4.69, 9.17) is 16.0 Å². The molecule has 0 unspecified atom stereocenters. The third kappa shape index (κ3) is 5.81. The molecule has 0 fully saturated rings. The Labute approximate surface area is 211 Å². The molecule has 180 valence electrons. The van der Waals surface area contributed by atoms with Crippen molar-refractivity contribution in [1.29, 1.82) is 0 Å². The number of fused-ring (bicyclic) bond motifs is 1. The van der Waals surface area contributed by atoms with Crippen molar-refractivity contribution in [3.63, 3.8) is 0 Å². The maximum Gasteiger partial charge on any atom is 0.276 e. The predicted octanol–water partition coefficient (Wildman–Crippen LogP) is 6.55. The van der Waals surface area contributed by atoms with E-state index < -0.39 is 0 Å². The molecular weight excluding hydrogens is 471 g/mol. The molecule has 0 bridgehead atoms. The number of hydrogen-bond donors (Lipinski definition) is 2. The number of amides is 1. The van der Waals surface area contributed by atoms with E-state index in [0.717, 1.165) is 46.8 Å². The van der Waals surface area contributed by atoms with Gasteiger partial charge < -0.3 is 15.1 Å². The monoisotopic (exact) mass is 500 g/mol. The van der Waals surface area contributed by atoms with Gasteiger partial charge >= 0.3 is 0 Å². The van der Waals surface area contributed by atoms with Gasteiger partial charge in [-0.05, 0) is 55.4 Å². The highest BCUT2D eigenvalue weighted by molar-refractivity contribution is 6.31. The number of halogens is 2. The van der Waals surface area contributed by atoms with E-state index >= 15 is 0 Å². The number of nitrogens with zero attached hydrogens (tertiary/aromatic N) is 2. The highest BCUT2D eigenvalue weighted by atomic mass is 35.5. The number of furan rings is 1. The van der Waals surface area contributed by atoms with E-state index in [1.54, 1.807) is 10.7 Å². The summed E-state index contributed by atoms with van der Waals surface area (Å²) in [6, 6.07) is 15.4. The Bertz CT molecular complexity index is 1280. The van der Waals surface area contributed by atoms with Gasteiger partial charge in [-0.3, -0.25) is 9.48 Å². The molecule has 2 N–H and O–H groups in total. The third-order valence-corrected chi connectivity index (χ3v) is 5.79. The molecule has 4 aromatic rings. The van der Waals surface area contributed by atoms with Crippen LogP contribution in [0.1, 0.15) is 59.8 Å². The van der Waals surface area contributed by atoms with Crippen LogP contribution < -0.4 is 10.6 Å². The Morgan fingerprint density at radius 2 is 1.88 bits per heavy atom. The van der Waals surface area contributed by atoms with Crippen molar-refractivity contribution in [3.05, 3.63) is 81.8 Å². The molecular formula is C26H30Cl2N4O2. The zero-order valence-electron chi connectivity index (χ0n) is 19.8. The van der Waals surface area contributed by atoms with Crippen LogP contribution in [0.15, 0.2) is 52.9 Å². The number of anilines is 1. The summed E-state index contributed by atoms with van der Waals surface area (Å²) in [6.07, 6.45) is 0. The number of nitrogens with one attached hydrogen (secondary N) is 2. The second-order valence-corrected chi connectivity index (χ2v) is 8.98. The van der Waals surface area contributed by atoms with E-state index in [9.17, 15) is 4.79 Å². The van der Waals surface area contributed by atoms with Crippen LogP contribution in [0, 0.1) is 6.92 Å². The van der Waals surface area contributed by atoms with Crippen LogP contribution >= 0.6 is 24.0 Å². The highest BCUT2D eigenvalue weighted by Crippen LogP contribution is 2.31. The average Bonchev–Trinajstić information content (AvgIpc) is 3.37. The van der Waals surface area contributed by atoms with Crippen molar-refractivity contribution in [3.8, 4) is 0 Å². The molecule has 1 amide bonds. The van der Waals surface area contributed by atoms with Crippen LogP contribution in [-0.2, 0) is 13.1 Å². The van der Waals surface area contributed by atoms with Gasteiger partial charge in [0.05, 0.1) is 6.54 Å². The van der Waals surface area contributed by atoms with Crippen molar-refractivity contribution in [1.82, 2.24) is 15.1 Å². The van der Waals surface area contributed by atoms with Crippen LogP contribution in [0.3, 0.4) is 0 Å². The molecule has 4 rings (SSSR count). The lowest BCUT2D eigenvalue weighted by Crippen LogP contribution is -2.14. The van der Waals surface area contributed by atoms with Crippen LogP contribution in [0.5, 0.6) is 0 Å². The number of benzene rings is 2. The number of aromatic nitrogens is 2. The topological polar surface area (TPSA) is 72.1 Å². The second-order valence-electron chi connectivity index (χ2n) is 8.55. The quantitative estimate of drug-likeness (QED) is 0.287. The minimum atomic E-state index is -0.243. The summed E-state index contributed by atoms with van der Waals surface area (Å²) in [6.45, 7) is 10.4. The standard InChI is InChI=1S/C26H29ClN4O2.ClH/c1-5-28-14-18-6-8-22(9-7-18)29-26(32)23-10-17(4)31(30-23)15-20-12-21(27)11-19-13-24(16(2)3)33-25(19)20;/h6-13,16,28H,5,14-15H2,1-4H3,(H,29,32);1H. The summed E-state index contributed by atoms with van der Waals surface area (Å²) in [5, 5.41) is 12.4. The summed E-state index contributed by atoms with van der Waals surface area (Å²) in [4.78, 5) is 12.8. The van der Waals surface area contributed by atoms with Crippen molar-refractivity contribution >= 4 is 46.6 Å². The zero-order chi connectivity index (χ0) is 23.5. The second kappa shape index (κ2) is 11.1. The molecule has 0 aliphatic heterocycles. The van der Waals surface area contributed by atoms with Crippen LogP contribution in [0.25, 0.3) is 11.0 Å². The first-order valence-electron chi connectivity index (χ1n) is 11.2. The minimum Gasteiger partial charge on any atom is -0.460 e. The van der Waals surface area contributed by atoms with Gasteiger partial charge in [0.2, 0.25) is 0 Å². The number of carbonyl (C=O) groups excluding carboxylic acids is 1. The van der Waals surface area contributed by atoms with Gasteiger partial charge in [0.15, 0.2) is 5.69 Å². The molecule has 6 nitrogen and oxygen atoms in total. The van der Waals surface area contributed by atoms with Crippen molar-refractivity contribution in [2.45, 2.75) is 46.7 Å². The van der Waals surface area contributed by atoms with E-state index in [1.165, 1.54) is 5.56 Å². The van der Waals surface area contributed by atoms with E-state index in [0.29, 0.717) is 17.3 Å². The molecule has 0 spiro atoms. The molecule has 2 aromatic carbocycles. The smallest absolute Gasteiger partial charge is 0.276 e. The van der Waals surface area contributed by atoms with Gasteiger partial charge in [-0.15, -0.1) is 12.4 Å². The molecule has 0 aliphatic rings. The Hall–Kier alpha value is -2.80. The van der Waals surface area contributed by atoms with Crippen molar-refractivity contribution in [2.24, 2.45) is 0 Å². The Kier molecular flexibility index (Phi) is 8.42. The Morgan fingerprint density at radius 1 is 1.15 bits per heavy atom. The van der Waals surface area contributed by atoms with Gasteiger partial charge in [-0.25, -0.2) is 0 Å². The lowest BCUT2D eigenvalue weighted by atomic mass is 10.1. The maximum atomic E-state index is 12.8. The fraction of sp³-hybridized carbons (Fsp3) is 0.308. The van der Waals surface area contributed by atoms with Crippen molar-refractivity contribution < 1.29 is 9.21 Å². The summed E-state index contributed by atoms with van der Waals surface area (Å²) in [7, 11) is 0. The van der Waals surface area contributed by atoms with Gasteiger partial charge in [0.1, 0.15) is 11.3 Å². The summed E-state index contributed by atoms with van der Waals surface area (Å²) in [5.74, 6) is 0.956. The molecule has 2 aromatic heterocycles. The highest BCUT2D eigenvalue weighted by Gasteiger charge is 2.16. The summed E-state index contributed by atoms with van der Waals surface area (Å²) >= 11 is 6.36. The number of aryl methyl sites for hydroxylation is 1. The predicted molar refractivity (Wildman–Crippen MR) is 140 cm³/mol. The summed E-state index contributed by atoms with van der Waals surface area (Å²) < 4.78 is 7.91. The van der Waals surface area contributed by atoms with E-state index in [2.05, 4.69) is 36.5 Å². The lowest BCUT2D eigenvalue weighted by molar-refractivity contribution is 0.102. The first-order chi connectivity index (χ1) is 15.8. The van der Waals surface area contributed by atoms with Gasteiger partial charge in [0, 0.05) is 39.8 Å². The normalized spacial score (nSPS) is 11.1. The summed E-state index contributed by atoms with van der Waals surface area (Å²) in [5.41, 5.74) is 4.89. The third-order valence-electron chi connectivity index (χ3n) is 5.57. The van der Waals surface area contributed by atoms with Crippen LogP contribution in [-0.4, -0.2) is 22.2 Å². The number of rotatable bonds is 8. The molecule has 0 saturated heterocycles. The number of hydrogen-bond acceptors (Lipinski definition) is 4. The fourth-order valence-corrected chi connectivity index (χ4v) is 3.97. The van der Waals surface area contributed by atoms with Crippen LogP contribution in [0.2, 0.25) is 5.02 Å². The largest absolute Gasteiger partial charge is 0.460 e. The van der Waals surface area contributed by atoms with E-state index in [1.807, 2.05) is 49.4 Å². The average molecular weight is 501 g/mol. The SMILES string of the molecule is CCNCc1ccc(NC(=O)c2cc(C)n(Cc3cc(Cl)cc4cc(C(C)C)oc34)n2)cc1.Cl. The van der Waals surface area contributed by atoms with Gasteiger partial charge in [-0.1, -0.05) is 44.5 Å². The van der Waals surface area contributed by atoms with Gasteiger partial charge in [0.25, 0.3) is 5.91 Å². The lowest BCUT2D eigenvalue weighted by Gasteiger charge is -2.07. The Balaban J connectivity index is 0.00000324. The molecule has 0 radical (unpaired) electrons. The molecule has 34 heavy (non-hydrogen) atoms. The Morgan fingerprint density at radius 3 is 2.56 bits per heavy atom. The fourth-order valence-electron chi connectivity index (χ4n) is 3.72. The first-order valence-corrected chi connectivity index (χ1v) is 11.6. The van der Waals surface area contributed by atoms with Crippen molar-refractivity contribution in [2.75, 3.05) is 11.9 Å². The molecule has 2 heterocycles. The number of carbonyl (C=O) groups is 1. The first kappa shape index (κ1) is 25.8. The maximum absolute atomic E-state index is 12.8. The van der Waals surface area contributed by atoms with Crippen LogP contribution in [0.4, 0.5) is 5.69 Å². The molecule has 0 aliphatic carbocycles. The zero-order valence-corrected chi connectivity index (χ0v) is 21.4. The molecule has 0 atom stereocenters. The van der Waals surface area contributed by atoms with E-state index in [-0.39, 0.29) is 24.2 Å². The molecule has 0 saturated carbocycles. The molecule has 8 heteroatoms. The van der Waals surface area contributed by atoms with Gasteiger partial charge in [-0.2, -0.15) is 5.10 Å².